The van der Waals surface area contributed by atoms with Crippen LogP contribution in [0.5, 0.6) is 0 Å². The van der Waals surface area contributed by atoms with E-state index < -0.39 is 18.1 Å². The molecule has 0 saturated carbocycles. The number of Topliss-reactive ketones (excluding diaryl/α,β-unsaturated/α-hetero) is 1. The van der Waals surface area contributed by atoms with Gasteiger partial charge in [0.2, 0.25) is 5.78 Å². The number of esters is 1. The zero-order valence-electron chi connectivity index (χ0n) is 15.2. The first-order valence-corrected chi connectivity index (χ1v) is 8.62. The van der Waals surface area contributed by atoms with Gasteiger partial charge in [0.1, 0.15) is 6.04 Å². The molecule has 0 aromatic heterocycles. The van der Waals surface area contributed by atoms with Gasteiger partial charge in [0.05, 0.1) is 0 Å². The number of benzene rings is 2. The molecule has 2 unspecified atom stereocenters. The Balaban J connectivity index is 1.92. The largest absolute Gasteiger partial charge is 0.453 e. The lowest BCUT2D eigenvalue weighted by Gasteiger charge is -2.17. The zero-order valence-corrected chi connectivity index (χ0v) is 15.2. The van der Waals surface area contributed by atoms with Crippen molar-refractivity contribution in [2.75, 3.05) is 0 Å². The Kier molecular flexibility index (Phi) is 6.67. The van der Waals surface area contributed by atoms with E-state index in [9.17, 15) is 14.4 Å². The minimum atomic E-state index is -0.925. The fourth-order valence-corrected chi connectivity index (χ4v) is 2.40. The number of nitrogens with one attached hydrogen (secondary N) is 1. The Morgan fingerprint density at radius 3 is 2.12 bits per heavy atom. The van der Waals surface area contributed by atoms with Crippen molar-refractivity contribution in [3.63, 3.8) is 0 Å². The van der Waals surface area contributed by atoms with Crippen LogP contribution < -0.4 is 5.32 Å². The SMILES string of the molecule is CCc1ccc(C(=O)C(C)OC(=O)C(C)NC(=O)c2ccccc2)cc1. The van der Waals surface area contributed by atoms with Gasteiger partial charge in [-0.3, -0.25) is 9.59 Å². The van der Waals surface area contributed by atoms with Crippen LogP contribution in [0.2, 0.25) is 0 Å². The molecule has 136 valence electrons. The molecule has 2 rings (SSSR count). The van der Waals surface area contributed by atoms with Crippen LogP contribution in [0.4, 0.5) is 0 Å². The fourth-order valence-electron chi connectivity index (χ4n) is 2.40. The number of ketones is 1. The third-order valence-electron chi connectivity index (χ3n) is 4.05. The van der Waals surface area contributed by atoms with Crippen molar-refractivity contribution in [2.45, 2.75) is 39.3 Å². The molecule has 5 heteroatoms. The summed E-state index contributed by atoms with van der Waals surface area (Å²) in [6, 6.07) is 14.9. The number of hydrogen-bond acceptors (Lipinski definition) is 4. The molecule has 0 aliphatic rings. The van der Waals surface area contributed by atoms with Crippen molar-refractivity contribution in [1.29, 1.82) is 0 Å². The Labute approximate surface area is 153 Å². The monoisotopic (exact) mass is 353 g/mol. The highest BCUT2D eigenvalue weighted by Crippen LogP contribution is 2.10. The maximum Gasteiger partial charge on any atom is 0.329 e. The zero-order chi connectivity index (χ0) is 19.1. The van der Waals surface area contributed by atoms with Crippen molar-refractivity contribution in [1.82, 2.24) is 5.32 Å². The molecule has 0 radical (unpaired) electrons. The minimum absolute atomic E-state index is 0.275. The van der Waals surface area contributed by atoms with Crippen LogP contribution in [0.25, 0.3) is 0 Å². The summed E-state index contributed by atoms with van der Waals surface area (Å²) in [5.74, 6) is -1.30. The number of amides is 1. The number of aryl methyl sites for hydroxylation is 1. The molecule has 0 bridgehead atoms. The maximum absolute atomic E-state index is 12.4. The average molecular weight is 353 g/mol. The Morgan fingerprint density at radius 1 is 0.923 bits per heavy atom. The van der Waals surface area contributed by atoms with Crippen LogP contribution >= 0.6 is 0 Å². The lowest BCUT2D eigenvalue weighted by molar-refractivity contribution is -0.148. The molecule has 0 aliphatic carbocycles. The number of ether oxygens (including phenoxy) is 1. The Morgan fingerprint density at radius 2 is 1.54 bits per heavy atom. The molecule has 0 heterocycles. The third-order valence-corrected chi connectivity index (χ3v) is 4.05. The van der Waals surface area contributed by atoms with Crippen LogP contribution in [0, 0.1) is 0 Å². The van der Waals surface area contributed by atoms with Crippen molar-refractivity contribution < 1.29 is 19.1 Å². The summed E-state index contributed by atoms with van der Waals surface area (Å²) in [6.45, 7) is 5.09. The molecule has 0 spiro atoms. The quantitative estimate of drug-likeness (QED) is 0.613. The molecular weight excluding hydrogens is 330 g/mol. The summed E-state index contributed by atoms with van der Waals surface area (Å²) in [6.07, 6.45) is -0.0384. The molecule has 5 nitrogen and oxygen atoms in total. The van der Waals surface area contributed by atoms with Gasteiger partial charge in [-0.1, -0.05) is 49.4 Å². The van der Waals surface area contributed by atoms with E-state index in [4.69, 9.17) is 4.74 Å². The highest BCUT2D eigenvalue weighted by atomic mass is 16.5. The van der Waals surface area contributed by atoms with Crippen LogP contribution in [0.1, 0.15) is 47.1 Å². The first kappa shape index (κ1) is 19.4. The molecule has 1 N–H and O–H groups in total. The molecule has 0 saturated heterocycles. The number of carbonyl (C=O) groups is 3. The summed E-state index contributed by atoms with van der Waals surface area (Å²) in [4.78, 5) is 36.6. The Hall–Kier alpha value is -2.95. The second-order valence-electron chi connectivity index (χ2n) is 6.06. The molecule has 0 aliphatic heterocycles. The molecule has 26 heavy (non-hydrogen) atoms. The highest BCUT2D eigenvalue weighted by Gasteiger charge is 2.24. The summed E-state index contributed by atoms with van der Waals surface area (Å²) in [5.41, 5.74) is 2.07. The number of carbonyl (C=O) groups excluding carboxylic acids is 3. The van der Waals surface area contributed by atoms with Gasteiger partial charge in [0.15, 0.2) is 6.10 Å². The molecule has 2 aromatic carbocycles. The third kappa shape index (κ3) is 5.02. The van der Waals surface area contributed by atoms with Gasteiger partial charge in [-0.15, -0.1) is 0 Å². The standard InChI is InChI=1S/C21H23NO4/c1-4-16-10-12-17(13-11-16)19(23)15(3)26-21(25)14(2)22-20(24)18-8-6-5-7-9-18/h5-15H,4H2,1-3H3,(H,22,24). The number of rotatable bonds is 7. The lowest BCUT2D eigenvalue weighted by atomic mass is 10.0. The molecular formula is C21H23NO4. The van der Waals surface area contributed by atoms with E-state index >= 15 is 0 Å². The summed E-state index contributed by atoms with van der Waals surface area (Å²) in [5, 5.41) is 2.57. The summed E-state index contributed by atoms with van der Waals surface area (Å²) < 4.78 is 5.22. The molecule has 2 atom stereocenters. The van der Waals surface area contributed by atoms with Crippen LogP contribution in [0.15, 0.2) is 54.6 Å². The van der Waals surface area contributed by atoms with Gasteiger partial charge in [-0.2, -0.15) is 0 Å². The van der Waals surface area contributed by atoms with Crippen molar-refractivity contribution >= 4 is 17.7 Å². The Bertz CT molecular complexity index is 768. The fraction of sp³-hybridized carbons (Fsp3) is 0.286. The van der Waals surface area contributed by atoms with E-state index in [0.29, 0.717) is 11.1 Å². The second kappa shape index (κ2) is 8.94. The van der Waals surface area contributed by atoms with Gasteiger partial charge < -0.3 is 10.1 Å². The van der Waals surface area contributed by atoms with Crippen molar-refractivity contribution in [3.8, 4) is 0 Å². The normalized spacial score (nSPS) is 12.7. The van der Waals surface area contributed by atoms with E-state index in [1.165, 1.54) is 13.8 Å². The topological polar surface area (TPSA) is 72.5 Å². The predicted molar refractivity (Wildman–Crippen MR) is 99.1 cm³/mol. The van der Waals surface area contributed by atoms with E-state index in [1.807, 2.05) is 19.1 Å². The van der Waals surface area contributed by atoms with E-state index in [1.54, 1.807) is 42.5 Å². The first-order chi connectivity index (χ1) is 12.4. The van der Waals surface area contributed by atoms with Gasteiger partial charge >= 0.3 is 5.97 Å². The predicted octanol–water partition coefficient (Wildman–Crippen LogP) is 3.18. The van der Waals surface area contributed by atoms with E-state index in [0.717, 1.165) is 12.0 Å². The lowest BCUT2D eigenvalue weighted by Crippen LogP contribution is -2.41. The molecule has 1 amide bonds. The maximum atomic E-state index is 12.4. The average Bonchev–Trinajstić information content (AvgIpc) is 2.67. The van der Waals surface area contributed by atoms with Crippen LogP contribution in [0.3, 0.4) is 0 Å². The van der Waals surface area contributed by atoms with Crippen LogP contribution in [-0.4, -0.2) is 29.8 Å². The molecule has 0 fully saturated rings. The van der Waals surface area contributed by atoms with Gasteiger partial charge in [-0.05, 0) is 38.0 Å². The number of hydrogen-bond donors (Lipinski definition) is 1. The van der Waals surface area contributed by atoms with Crippen LogP contribution in [-0.2, 0) is 16.0 Å². The van der Waals surface area contributed by atoms with Crippen molar-refractivity contribution in [3.05, 3.63) is 71.3 Å². The molecule has 2 aromatic rings. The van der Waals surface area contributed by atoms with Gasteiger partial charge in [0, 0.05) is 11.1 Å². The first-order valence-electron chi connectivity index (χ1n) is 8.62. The highest BCUT2D eigenvalue weighted by molar-refractivity contribution is 6.01. The van der Waals surface area contributed by atoms with Crippen molar-refractivity contribution in [2.24, 2.45) is 0 Å². The summed E-state index contributed by atoms with van der Waals surface area (Å²) >= 11 is 0. The van der Waals surface area contributed by atoms with Gasteiger partial charge in [0.25, 0.3) is 5.91 Å². The van der Waals surface area contributed by atoms with Gasteiger partial charge in [-0.25, -0.2) is 4.79 Å². The smallest absolute Gasteiger partial charge is 0.329 e. The minimum Gasteiger partial charge on any atom is -0.453 e. The van der Waals surface area contributed by atoms with E-state index in [-0.39, 0.29) is 11.7 Å². The summed E-state index contributed by atoms with van der Waals surface area (Å²) in [7, 11) is 0. The van der Waals surface area contributed by atoms with E-state index in [2.05, 4.69) is 5.32 Å². The second-order valence-corrected chi connectivity index (χ2v) is 6.06.